The fourth-order valence-electron chi connectivity index (χ4n) is 2.89. The van der Waals surface area contributed by atoms with Crippen molar-refractivity contribution in [1.82, 2.24) is 5.32 Å². The SMILES string of the molecule is CC(NC(C)(C)CC(C)(C)C)c1cc(Br)ccc1F. The highest BCUT2D eigenvalue weighted by Gasteiger charge is 2.27. The Hall–Kier alpha value is -0.410. The summed E-state index contributed by atoms with van der Waals surface area (Å²) in [5.41, 5.74) is 0.912. The molecule has 3 heteroatoms. The lowest BCUT2D eigenvalue weighted by Crippen LogP contribution is -2.43. The molecule has 1 aromatic carbocycles. The van der Waals surface area contributed by atoms with Crippen LogP contribution in [0.3, 0.4) is 0 Å². The number of hydrogen-bond donors (Lipinski definition) is 1. The highest BCUT2D eigenvalue weighted by molar-refractivity contribution is 9.10. The van der Waals surface area contributed by atoms with Crippen LogP contribution in [0.5, 0.6) is 0 Å². The van der Waals surface area contributed by atoms with E-state index in [1.807, 2.05) is 13.0 Å². The van der Waals surface area contributed by atoms with Gasteiger partial charge in [0.15, 0.2) is 0 Å². The van der Waals surface area contributed by atoms with E-state index >= 15 is 0 Å². The van der Waals surface area contributed by atoms with Crippen molar-refractivity contribution >= 4 is 15.9 Å². The minimum atomic E-state index is -0.158. The molecule has 0 bridgehead atoms. The number of benzene rings is 1. The van der Waals surface area contributed by atoms with Crippen LogP contribution in [0, 0.1) is 11.2 Å². The molecule has 19 heavy (non-hydrogen) atoms. The van der Waals surface area contributed by atoms with Gasteiger partial charge >= 0.3 is 0 Å². The lowest BCUT2D eigenvalue weighted by molar-refractivity contribution is 0.225. The average Bonchev–Trinajstić information content (AvgIpc) is 2.16. The van der Waals surface area contributed by atoms with Crippen LogP contribution in [0.15, 0.2) is 22.7 Å². The van der Waals surface area contributed by atoms with Crippen LogP contribution in [0.1, 0.15) is 59.6 Å². The summed E-state index contributed by atoms with van der Waals surface area (Å²) in [5.74, 6) is -0.158. The molecule has 108 valence electrons. The Balaban J connectivity index is 2.84. The van der Waals surface area contributed by atoms with Crippen LogP contribution in [0.2, 0.25) is 0 Å². The van der Waals surface area contributed by atoms with Crippen LogP contribution in [-0.2, 0) is 0 Å². The molecule has 0 heterocycles. The summed E-state index contributed by atoms with van der Waals surface area (Å²) in [4.78, 5) is 0. The van der Waals surface area contributed by atoms with Gasteiger partial charge in [0.1, 0.15) is 5.82 Å². The van der Waals surface area contributed by atoms with Gasteiger partial charge in [0.25, 0.3) is 0 Å². The minimum absolute atomic E-state index is 0.0187. The second-order valence-corrected chi connectivity index (χ2v) is 8.07. The van der Waals surface area contributed by atoms with Gasteiger partial charge in [-0.25, -0.2) is 4.39 Å². The molecule has 1 nitrogen and oxygen atoms in total. The highest BCUT2D eigenvalue weighted by Crippen LogP contribution is 2.30. The average molecular weight is 330 g/mol. The van der Waals surface area contributed by atoms with E-state index in [0.717, 1.165) is 10.9 Å². The Morgan fingerprint density at radius 3 is 2.32 bits per heavy atom. The smallest absolute Gasteiger partial charge is 0.128 e. The fraction of sp³-hybridized carbons (Fsp3) is 0.625. The molecular weight excluding hydrogens is 305 g/mol. The fourth-order valence-corrected chi connectivity index (χ4v) is 3.27. The maximum Gasteiger partial charge on any atom is 0.128 e. The first kappa shape index (κ1) is 16.6. The van der Waals surface area contributed by atoms with Crippen LogP contribution in [0.25, 0.3) is 0 Å². The first-order valence-corrected chi connectivity index (χ1v) is 7.52. The van der Waals surface area contributed by atoms with Gasteiger partial charge in [-0.1, -0.05) is 36.7 Å². The Morgan fingerprint density at radius 2 is 1.79 bits per heavy atom. The first-order chi connectivity index (χ1) is 8.50. The third kappa shape index (κ3) is 5.62. The Morgan fingerprint density at radius 1 is 1.21 bits per heavy atom. The van der Waals surface area contributed by atoms with E-state index in [4.69, 9.17) is 0 Å². The number of hydrogen-bond acceptors (Lipinski definition) is 1. The van der Waals surface area contributed by atoms with Gasteiger partial charge < -0.3 is 5.32 Å². The van der Waals surface area contributed by atoms with Gasteiger partial charge in [-0.05, 0) is 50.8 Å². The zero-order chi connectivity index (χ0) is 14.8. The summed E-state index contributed by atoms with van der Waals surface area (Å²) in [6.45, 7) is 13.0. The molecule has 0 amide bonds. The molecule has 0 aliphatic carbocycles. The summed E-state index contributed by atoms with van der Waals surface area (Å²) in [5, 5.41) is 3.54. The Kier molecular flexibility index (Phi) is 5.19. The maximum atomic E-state index is 13.9. The second-order valence-electron chi connectivity index (χ2n) is 7.15. The molecule has 0 fully saturated rings. The summed E-state index contributed by atoms with van der Waals surface area (Å²) >= 11 is 3.40. The van der Waals surface area contributed by atoms with Gasteiger partial charge in [0.2, 0.25) is 0 Å². The quantitative estimate of drug-likeness (QED) is 0.774. The van der Waals surface area contributed by atoms with Crippen molar-refractivity contribution in [2.45, 2.75) is 59.5 Å². The molecule has 0 radical (unpaired) electrons. The van der Waals surface area contributed by atoms with Crippen molar-refractivity contribution in [3.63, 3.8) is 0 Å². The zero-order valence-corrected chi connectivity index (χ0v) is 14.4. The van der Waals surface area contributed by atoms with Gasteiger partial charge in [-0.15, -0.1) is 0 Å². The van der Waals surface area contributed by atoms with E-state index in [9.17, 15) is 4.39 Å². The van der Waals surface area contributed by atoms with E-state index in [1.165, 1.54) is 6.07 Å². The van der Waals surface area contributed by atoms with Crippen molar-refractivity contribution in [2.24, 2.45) is 5.41 Å². The molecule has 0 aliphatic rings. The summed E-state index contributed by atoms with van der Waals surface area (Å²) in [6.07, 6.45) is 1.03. The van der Waals surface area contributed by atoms with Gasteiger partial charge in [0.05, 0.1) is 0 Å². The van der Waals surface area contributed by atoms with Crippen molar-refractivity contribution in [2.75, 3.05) is 0 Å². The molecule has 0 spiro atoms. The third-order valence-corrected chi connectivity index (χ3v) is 3.50. The summed E-state index contributed by atoms with van der Waals surface area (Å²) in [6, 6.07) is 5.07. The molecule has 1 aromatic rings. The molecule has 1 unspecified atom stereocenters. The predicted molar refractivity (Wildman–Crippen MR) is 83.8 cm³/mol. The zero-order valence-electron chi connectivity index (χ0n) is 12.8. The topological polar surface area (TPSA) is 12.0 Å². The number of nitrogens with one attached hydrogen (secondary N) is 1. The van der Waals surface area contributed by atoms with Crippen molar-refractivity contribution in [3.05, 3.63) is 34.1 Å². The normalized spacial score (nSPS) is 14.5. The molecule has 1 rings (SSSR count). The van der Waals surface area contributed by atoms with Crippen molar-refractivity contribution in [3.8, 4) is 0 Å². The van der Waals surface area contributed by atoms with Crippen LogP contribution in [0.4, 0.5) is 4.39 Å². The largest absolute Gasteiger partial charge is 0.305 e. The standard InChI is InChI=1S/C16H25BrFN/c1-11(13-9-12(17)7-8-14(13)18)19-16(5,6)10-15(2,3)4/h7-9,11,19H,10H2,1-6H3. The molecule has 1 atom stereocenters. The maximum absolute atomic E-state index is 13.9. The molecule has 0 saturated heterocycles. The summed E-state index contributed by atoms with van der Waals surface area (Å²) in [7, 11) is 0. The third-order valence-electron chi connectivity index (χ3n) is 3.00. The van der Waals surface area contributed by atoms with Crippen molar-refractivity contribution in [1.29, 1.82) is 0 Å². The summed E-state index contributed by atoms with van der Waals surface area (Å²) < 4.78 is 14.8. The van der Waals surface area contributed by atoms with E-state index in [2.05, 4.69) is 55.9 Å². The van der Waals surface area contributed by atoms with Crippen LogP contribution >= 0.6 is 15.9 Å². The molecule has 1 N–H and O–H groups in total. The number of rotatable bonds is 4. The molecule has 0 aliphatic heterocycles. The Labute approximate surface area is 125 Å². The molecule has 0 aromatic heterocycles. The lowest BCUT2D eigenvalue weighted by atomic mass is 9.81. The van der Waals surface area contributed by atoms with Crippen LogP contribution in [-0.4, -0.2) is 5.54 Å². The van der Waals surface area contributed by atoms with E-state index in [-0.39, 0.29) is 22.8 Å². The molecule has 0 saturated carbocycles. The first-order valence-electron chi connectivity index (χ1n) is 6.73. The predicted octanol–water partition coefficient (Wildman–Crippen LogP) is 5.45. The van der Waals surface area contributed by atoms with Gasteiger partial charge in [0, 0.05) is 21.6 Å². The molecular formula is C16H25BrFN. The van der Waals surface area contributed by atoms with Crippen LogP contribution < -0.4 is 5.32 Å². The van der Waals surface area contributed by atoms with E-state index < -0.39 is 0 Å². The van der Waals surface area contributed by atoms with Gasteiger partial charge in [-0.2, -0.15) is 0 Å². The van der Waals surface area contributed by atoms with E-state index in [1.54, 1.807) is 6.07 Å². The minimum Gasteiger partial charge on any atom is -0.305 e. The Bertz CT molecular complexity index is 435. The second kappa shape index (κ2) is 5.92. The van der Waals surface area contributed by atoms with E-state index in [0.29, 0.717) is 5.56 Å². The van der Waals surface area contributed by atoms with Gasteiger partial charge in [-0.3, -0.25) is 0 Å². The lowest BCUT2D eigenvalue weighted by Gasteiger charge is -2.36. The monoisotopic (exact) mass is 329 g/mol. The highest BCUT2D eigenvalue weighted by atomic mass is 79.9. The number of halogens is 2. The van der Waals surface area contributed by atoms with Crippen molar-refractivity contribution < 1.29 is 4.39 Å².